The highest BCUT2D eigenvalue weighted by molar-refractivity contribution is 5.93. The number of nitrogens with two attached hydrogens (primary N) is 1. The Hall–Kier alpha value is -2.38. The van der Waals surface area contributed by atoms with Crippen LogP contribution in [-0.4, -0.2) is 34.7 Å². The summed E-state index contributed by atoms with van der Waals surface area (Å²) in [5, 5.41) is 10.6. The van der Waals surface area contributed by atoms with Crippen LogP contribution in [0.5, 0.6) is 0 Å². The van der Waals surface area contributed by atoms with Gasteiger partial charge in [0.25, 0.3) is 5.91 Å². The Balaban J connectivity index is 0.00000225. The number of nitrogens with zero attached hydrogens (tertiary/aromatic N) is 2. The van der Waals surface area contributed by atoms with Crippen LogP contribution in [-0.2, 0) is 6.54 Å². The summed E-state index contributed by atoms with van der Waals surface area (Å²) in [5.74, 6) is -0.676. The topological polar surface area (TPSA) is 102 Å². The van der Waals surface area contributed by atoms with Crippen LogP contribution in [0.3, 0.4) is 0 Å². The lowest BCUT2D eigenvalue weighted by atomic mass is 10.1. The molecule has 1 saturated heterocycles. The van der Waals surface area contributed by atoms with Crippen molar-refractivity contribution < 1.29 is 9.59 Å². The summed E-state index contributed by atoms with van der Waals surface area (Å²) >= 11 is 0. The number of halogens is 1. The van der Waals surface area contributed by atoms with E-state index >= 15 is 0 Å². The zero-order valence-corrected chi connectivity index (χ0v) is 14.6. The number of carbonyl (C=O) groups excluding carboxylic acids is 2. The summed E-state index contributed by atoms with van der Waals surface area (Å²) in [4.78, 5) is 23.2. The third-order valence-corrected chi connectivity index (χ3v) is 4.18. The van der Waals surface area contributed by atoms with E-state index in [1.165, 1.54) is 0 Å². The maximum atomic E-state index is 12.2. The maximum Gasteiger partial charge on any atom is 0.272 e. The molecular formula is C17H22ClN5O2. The van der Waals surface area contributed by atoms with Crippen molar-refractivity contribution in [2.24, 2.45) is 5.73 Å². The molecule has 1 unspecified atom stereocenters. The number of primary amides is 1. The van der Waals surface area contributed by atoms with E-state index < -0.39 is 5.91 Å². The normalized spacial score (nSPS) is 16.7. The highest BCUT2D eigenvalue weighted by Crippen LogP contribution is 2.15. The van der Waals surface area contributed by atoms with Gasteiger partial charge in [0.15, 0.2) is 0 Å². The lowest BCUT2D eigenvalue weighted by molar-refractivity contribution is 0.0943. The highest BCUT2D eigenvalue weighted by Gasteiger charge is 2.17. The van der Waals surface area contributed by atoms with E-state index in [4.69, 9.17) is 5.73 Å². The Labute approximate surface area is 152 Å². The summed E-state index contributed by atoms with van der Waals surface area (Å²) in [5.41, 5.74) is 6.96. The first kappa shape index (κ1) is 19.0. The Bertz CT molecular complexity index is 723. The van der Waals surface area contributed by atoms with Crippen molar-refractivity contribution in [2.45, 2.75) is 25.4 Å². The summed E-state index contributed by atoms with van der Waals surface area (Å²) in [6.45, 7) is 2.30. The number of benzene rings is 1. The molecule has 8 heteroatoms. The minimum atomic E-state index is -0.465. The molecule has 1 fully saturated rings. The first-order valence-electron chi connectivity index (χ1n) is 8.06. The minimum Gasteiger partial charge on any atom is -0.366 e. The molecule has 2 heterocycles. The molecule has 1 aliphatic heterocycles. The largest absolute Gasteiger partial charge is 0.366 e. The third-order valence-electron chi connectivity index (χ3n) is 4.18. The predicted molar refractivity (Wildman–Crippen MR) is 96.7 cm³/mol. The lowest BCUT2D eigenvalue weighted by Crippen LogP contribution is -2.32. The van der Waals surface area contributed by atoms with Gasteiger partial charge in [-0.2, -0.15) is 5.10 Å². The molecule has 25 heavy (non-hydrogen) atoms. The van der Waals surface area contributed by atoms with Crippen LogP contribution < -0.4 is 16.4 Å². The quantitative estimate of drug-likeness (QED) is 0.744. The second-order valence-electron chi connectivity index (χ2n) is 5.93. The van der Waals surface area contributed by atoms with Gasteiger partial charge < -0.3 is 16.4 Å². The third kappa shape index (κ3) is 4.80. The summed E-state index contributed by atoms with van der Waals surface area (Å²) in [7, 11) is 0. The van der Waals surface area contributed by atoms with Crippen molar-refractivity contribution in [3.05, 3.63) is 53.3 Å². The van der Waals surface area contributed by atoms with Crippen molar-refractivity contribution in [3.8, 4) is 0 Å². The van der Waals surface area contributed by atoms with Crippen molar-refractivity contribution in [2.75, 3.05) is 13.1 Å². The fourth-order valence-electron chi connectivity index (χ4n) is 2.78. The van der Waals surface area contributed by atoms with Crippen LogP contribution in [0.2, 0.25) is 0 Å². The second-order valence-corrected chi connectivity index (χ2v) is 5.93. The molecular weight excluding hydrogens is 342 g/mol. The SMILES string of the molecule is Cl.NC(=O)c1ccc(CNC(=O)c2ccn(C3CCCNC3)n2)cc1. The van der Waals surface area contributed by atoms with E-state index in [9.17, 15) is 9.59 Å². The van der Waals surface area contributed by atoms with Gasteiger partial charge in [0.2, 0.25) is 5.91 Å². The molecule has 2 amide bonds. The smallest absolute Gasteiger partial charge is 0.272 e. The molecule has 0 bridgehead atoms. The van der Waals surface area contributed by atoms with E-state index in [-0.39, 0.29) is 18.3 Å². The Kier molecular flexibility index (Phi) is 6.55. The van der Waals surface area contributed by atoms with Crippen molar-refractivity contribution in [1.29, 1.82) is 0 Å². The number of carbonyl (C=O) groups is 2. The molecule has 0 spiro atoms. The molecule has 1 aliphatic rings. The highest BCUT2D eigenvalue weighted by atomic mass is 35.5. The first-order valence-corrected chi connectivity index (χ1v) is 8.06. The van der Waals surface area contributed by atoms with Crippen LogP contribution in [0.4, 0.5) is 0 Å². The van der Waals surface area contributed by atoms with Crippen molar-refractivity contribution >= 4 is 24.2 Å². The van der Waals surface area contributed by atoms with Gasteiger partial charge in [-0.05, 0) is 43.1 Å². The van der Waals surface area contributed by atoms with E-state index in [0.29, 0.717) is 23.8 Å². The molecule has 0 aliphatic carbocycles. The van der Waals surface area contributed by atoms with Crippen molar-refractivity contribution in [3.63, 3.8) is 0 Å². The van der Waals surface area contributed by atoms with Crippen LogP contribution in [0.25, 0.3) is 0 Å². The van der Waals surface area contributed by atoms with Gasteiger partial charge in [0.05, 0.1) is 6.04 Å². The summed E-state index contributed by atoms with van der Waals surface area (Å²) in [6, 6.07) is 8.88. The van der Waals surface area contributed by atoms with Gasteiger partial charge in [-0.3, -0.25) is 14.3 Å². The molecule has 0 saturated carbocycles. The molecule has 134 valence electrons. The average molecular weight is 364 g/mol. The maximum absolute atomic E-state index is 12.2. The van der Waals surface area contributed by atoms with Gasteiger partial charge in [0, 0.05) is 24.8 Å². The van der Waals surface area contributed by atoms with E-state index in [1.54, 1.807) is 30.3 Å². The second kappa shape index (κ2) is 8.64. The standard InChI is InChI=1S/C17H21N5O2.ClH/c18-16(23)13-5-3-12(4-6-13)10-20-17(24)15-7-9-22(21-15)14-2-1-8-19-11-14;/h3-7,9,14,19H,1-2,8,10-11H2,(H2,18,23)(H,20,24);1H. The first-order chi connectivity index (χ1) is 11.6. The molecule has 7 nitrogen and oxygen atoms in total. The van der Waals surface area contributed by atoms with Gasteiger partial charge in [-0.15, -0.1) is 12.4 Å². The van der Waals surface area contributed by atoms with Crippen LogP contribution >= 0.6 is 12.4 Å². The number of piperidine rings is 1. The lowest BCUT2D eigenvalue weighted by Gasteiger charge is -2.22. The molecule has 1 aromatic heterocycles. The number of hydrogen-bond acceptors (Lipinski definition) is 4. The number of rotatable bonds is 5. The fraction of sp³-hybridized carbons (Fsp3) is 0.353. The predicted octanol–water partition coefficient (Wildman–Crippen LogP) is 1.26. The summed E-state index contributed by atoms with van der Waals surface area (Å²) < 4.78 is 1.86. The number of aromatic nitrogens is 2. The van der Waals surface area contributed by atoms with E-state index in [1.807, 2.05) is 10.9 Å². The van der Waals surface area contributed by atoms with Gasteiger partial charge in [-0.1, -0.05) is 12.1 Å². The molecule has 3 rings (SSSR count). The molecule has 1 atom stereocenters. The van der Waals surface area contributed by atoms with Crippen molar-refractivity contribution in [1.82, 2.24) is 20.4 Å². The fourth-order valence-corrected chi connectivity index (χ4v) is 2.78. The summed E-state index contributed by atoms with van der Waals surface area (Å²) in [6.07, 6.45) is 4.05. The minimum absolute atomic E-state index is 0. The van der Waals surface area contributed by atoms with Crippen LogP contribution in [0.1, 0.15) is 45.3 Å². The monoisotopic (exact) mass is 363 g/mol. The number of amides is 2. The number of nitrogens with one attached hydrogen (secondary N) is 2. The molecule has 2 aromatic rings. The zero-order chi connectivity index (χ0) is 16.9. The Morgan fingerprint density at radius 1 is 1.28 bits per heavy atom. The average Bonchev–Trinajstić information content (AvgIpc) is 3.11. The Morgan fingerprint density at radius 2 is 2.04 bits per heavy atom. The van der Waals surface area contributed by atoms with Gasteiger partial charge in [-0.25, -0.2) is 0 Å². The van der Waals surface area contributed by atoms with Gasteiger partial charge >= 0.3 is 0 Å². The Morgan fingerprint density at radius 3 is 2.68 bits per heavy atom. The van der Waals surface area contributed by atoms with E-state index in [2.05, 4.69) is 15.7 Å². The molecule has 1 aromatic carbocycles. The molecule has 4 N–H and O–H groups in total. The zero-order valence-electron chi connectivity index (χ0n) is 13.8. The van der Waals surface area contributed by atoms with Crippen LogP contribution in [0.15, 0.2) is 36.5 Å². The number of hydrogen-bond donors (Lipinski definition) is 3. The molecule has 0 radical (unpaired) electrons. The van der Waals surface area contributed by atoms with E-state index in [0.717, 1.165) is 31.5 Å². The van der Waals surface area contributed by atoms with Crippen LogP contribution in [0, 0.1) is 0 Å². The van der Waals surface area contributed by atoms with Gasteiger partial charge in [0.1, 0.15) is 5.69 Å².